The first-order valence-electron chi connectivity index (χ1n) is 13.7. The molecule has 6 N–H and O–H groups in total. The van der Waals surface area contributed by atoms with Gasteiger partial charge in [-0.25, -0.2) is 0 Å². The van der Waals surface area contributed by atoms with Crippen LogP contribution in [0.5, 0.6) is 5.75 Å². The minimum atomic E-state index is -1.34. The van der Waals surface area contributed by atoms with E-state index in [9.17, 15) is 24.9 Å². The van der Waals surface area contributed by atoms with Gasteiger partial charge in [-0.3, -0.25) is 9.59 Å². The molecule has 10 nitrogen and oxygen atoms in total. The Morgan fingerprint density at radius 1 is 1.07 bits per heavy atom. The number of carbonyl (C=O) groups is 2. The highest BCUT2D eigenvalue weighted by Crippen LogP contribution is 2.20. The van der Waals surface area contributed by atoms with Gasteiger partial charge in [-0.05, 0) is 73.6 Å². The van der Waals surface area contributed by atoms with Crippen LogP contribution in [0.25, 0.3) is 0 Å². The molecule has 0 aliphatic carbocycles. The summed E-state index contributed by atoms with van der Waals surface area (Å²) in [6.07, 6.45) is -0.869. The van der Waals surface area contributed by atoms with Crippen molar-refractivity contribution in [2.75, 3.05) is 20.2 Å². The minimum absolute atomic E-state index is 0.0742. The van der Waals surface area contributed by atoms with E-state index in [0.717, 1.165) is 12.8 Å². The summed E-state index contributed by atoms with van der Waals surface area (Å²) in [5.41, 5.74) is 7.70. The third-order valence-corrected chi connectivity index (χ3v) is 6.62. The third kappa shape index (κ3) is 9.61. The second-order valence-corrected chi connectivity index (χ2v) is 9.85. The Morgan fingerprint density at radius 3 is 2.27 bits per heavy atom. The number of methoxy groups -OCH3 is 1. The van der Waals surface area contributed by atoms with Crippen LogP contribution >= 0.6 is 0 Å². The molecular formula is C30H42N4O6. The van der Waals surface area contributed by atoms with Gasteiger partial charge in [0.05, 0.1) is 18.2 Å². The van der Waals surface area contributed by atoms with Crippen LogP contribution in [-0.4, -0.2) is 70.5 Å². The molecule has 0 saturated carbocycles. The fourth-order valence-corrected chi connectivity index (χ4v) is 4.47. The number of nitrogens with two attached hydrogens (primary N) is 1. The summed E-state index contributed by atoms with van der Waals surface area (Å²) in [5.74, 6) is -0.717. The Bertz CT molecular complexity index is 1130. The predicted octanol–water partition coefficient (Wildman–Crippen LogP) is 3.01. The first-order chi connectivity index (χ1) is 19.1. The molecule has 0 aliphatic heterocycles. The standard InChI is InChI=1S/C30H42N4O6/c1-4-14-34(15-5-2)30(39)23-18-21(28(32)40-3)17-22(19-23)29(38)33-25(16-20-9-11-24(35)12-10-20)27(37)26(36)8-6-7-13-31/h9-12,17-19,25-28,35-37H,4-8,14-16,32H2,1-3H3,(H,33,38). The molecule has 0 bridgehead atoms. The summed E-state index contributed by atoms with van der Waals surface area (Å²) < 4.78 is 5.25. The lowest BCUT2D eigenvalue weighted by atomic mass is 9.94. The Balaban J connectivity index is 2.42. The fraction of sp³-hybridized carbons (Fsp3) is 0.500. The SMILES string of the molecule is CCCN(CCC)C(=O)c1cc(C(=O)NC(Cc2ccc(O)cc2)C(O)C(O)CCCC#N)cc(C(N)OC)c1. The average Bonchev–Trinajstić information content (AvgIpc) is 2.96. The number of aromatic hydroxyl groups is 1. The fourth-order valence-electron chi connectivity index (χ4n) is 4.47. The Hall–Kier alpha value is -3.49. The molecule has 0 fully saturated rings. The summed E-state index contributed by atoms with van der Waals surface area (Å²) >= 11 is 0. The number of carbonyl (C=O) groups excluding carboxylic acids is 2. The van der Waals surface area contributed by atoms with Crippen LogP contribution in [0.15, 0.2) is 42.5 Å². The van der Waals surface area contributed by atoms with Crippen LogP contribution < -0.4 is 11.1 Å². The number of benzene rings is 2. The number of phenols is 1. The molecule has 2 aromatic carbocycles. The minimum Gasteiger partial charge on any atom is -0.508 e. The number of ether oxygens (including phenoxy) is 1. The second-order valence-electron chi connectivity index (χ2n) is 9.85. The molecule has 0 radical (unpaired) electrons. The Labute approximate surface area is 236 Å². The largest absolute Gasteiger partial charge is 0.508 e. The maximum absolute atomic E-state index is 13.6. The summed E-state index contributed by atoms with van der Waals surface area (Å²) in [7, 11) is 1.43. The van der Waals surface area contributed by atoms with E-state index >= 15 is 0 Å². The van der Waals surface area contributed by atoms with Crippen molar-refractivity contribution in [3.05, 3.63) is 64.7 Å². The van der Waals surface area contributed by atoms with Gasteiger partial charge in [0.1, 0.15) is 18.1 Å². The van der Waals surface area contributed by atoms with Gasteiger partial charge in [0.25, 0.3) is 11.8 Å². The summed E-state index contributed by atoms with van der Waals surface area (Å²) in [4.78, 5) is 28.7. The van der Waals surface area contributed by atoms with Crippen molar-refractivity contribution >= 4 is 11.8 Å². The number of rotatable bonds is 16. The number of amides is 2. The summed E-state index contributed by atoms with van der Waals surface area (Å²) in [6, 6.07) is 12.1. The molecule has 0 aromatic heterocycles. The quantitative estimate of drug-likeness (QED) is 0.156. The molecule has 2 aromatic rings. The molecule has 0 saturated heterocycles. The van der Waals surface area contributed by atoms with Gasteiger partial charge in [-0.2, -0.15) is 5.26 Å². The predicted molar refractivity (Wildman–Crippen MR) is 151 cm³/mol. The lowest BCUT2D eigenvalue weighted by Gasteiger charge is -2.28. The number of nitrogens with one attached hydrogen (secondary N) is 1. The number of nitrogens with zero attached hydrogens (tertiary/aromatic N) is 2. The van der Waals surface area contributed by atoms with Gasteiger partial charge < -0.3 is 36.0 Å². The number of hydrogen-bond donors (Lipinski definition) is 5. The van der Waals surface area contributed by atoms with Gasteiger partial charge in [0.15, 0.2) is 0 Å². The number of unbranched alkanes of at least 4 members (excludes halogenated alkanes) is 1. The molecule has 0 heterocycles. The number of hydrogen-bond acceptors (Lipinski definition) is 8. The van der Waals surface area contributed by atoms with Gasteiger partial charge in [-0.15, -0.1) is 0 Å². The molecule has 4 unspecified atom stereocenters. The van der Waals surface area contributed by atoms with E-state index in [2.05, 4.69) is 5.32 Å². The van der Waals surface area contributed by atoms with Gasteiger partial charge in [-0.1, -0.05) is 26.0 Å². The topological polar surface area (TPSA) is 169 Å². The summed E-state index contributed by atoms with van der Waals surface area (Å²) in [6.45, 7) is 5.11. The Kier molecular flexibility index (Phi) is 13.6. The highest BCUT2D eigenvalue weighted by molar-refractivity contribution is 6.00. The van der Waals surface area contributed by atoms with Crippen molar-refractivity contribution in [3.63, 3.8) is 0 Å². The van der Waals surface area contributed by atoms with Crippen molar-refractivity contribution in [1.29, 1.82) is 5.26 Å². The molecule has 2 amide bonds. The molecule has 4 atom stereocenters. The van der Waals surface area contributed by atoms with E-state index in [1.54, 1.807) is 23.1 Å². The maximum atomic E-state index is 13.6. The molecule has 40 heavy (non-hydrogen) atoms. The zero-order chi connectivity index (χ0) is 29.7. The van der Waals surface area contributed by atoms with E-state index in [1.165, 1.54) is 31.4 Å². The van der Waals surface area contributed by atoms with Crippen molar-refractivity contribution in [3.8, 4) is 11.8 Å². The summed E-state index contributed by atoms with van der Waals surface area (Å²) in [5, 5.41) is 42.9. The number of aliphatic hydroxyl groups is 2. The average molecular weight is 555 g/mol. The molecule has 218 valence electrons. The van der Waals surface area contributed by atoms with Crippen LogP contribution in [0.4, 0.5) is 0 Å². The molecule has 0 aliphatic rings. The van der Waals surface area contributed by atoms with Crippen LogP contribution in [0.1, 0.15) is 84.0 Å². The smallest absolute Gasteiger partial charge is 0.253 e. The molecule has 2 rings (SSSR count). The van der Waals surface area contributed by atoms with E-state index in [-0.39, 0.29) is 36.5 Å². The maximum Gasteiger partial charge on any atom is 0.253 e. The molecule has 10 heteroatoms. The first-order valence-corrected chi connectivity index (χ1v) is 13.7. The Morgan fingerprint density at radius 2 is 1.70 bits per heavy atom. The highest BCUT2D eigenvalue weighted by atomic mass is 16.5. The van der Waals surface area contributed by atoms with Crippen LogP contribution in [0.2, 0.25) is 0 Å². The van der Waals surface area contributed by atoms with Crippen molar-refractivity contribution in [2.24, 2.45) is 5.73 Å². The molecular weight excluding hydrogens is 512 g/mol. The first kappa shape index (κ1) is 32.7. The van der Waals surface area contributed by atoms with Crippen LogP contribution in [-0.2, 0) is 11.2 Å². The van der Waals surface area contributed by atoms with Crippen LogP contribution in [0.3, 0.4) is 0 Å². The molecule has 0 spiro atoms. The third-order valence-electron chi connectivity index (χ3n) is 6.62. The second kappa shape index (κ2) is 16.6. The van der Waals surface area contributed by atoms with E-state index < -0.39 is 30.4 Å². The monoisotopic (exact) mass is 554 g/mol. The van der Waals surface area contributed by atoms with E-state index in [1.807, 2.05) is 19.9 Å². The van der Waals surface area contributed by atoms with Crippen molar-refractivity contribution in [2.45, 2.75) is 76.9 Å². The van der Waals surface area contributed by atoms with Crippen molar-refractivity contribution in [1.82, 2.24) is 10.2 Å². The van der Waals surface area contributed by atoms with E-state index in [4.69, 9.17) is 15.7 Å². The van der Waals surface area contributed by atoms with Gasteiger partial charge in [0.2, 0.25) is 0 Å². The zero-order valence-corrected chi connectivity index (χ0v) is 23.5. The van der Waals surface area contributed by atoms with Gasteiger partial charge in [0, 0.05) is 37.7 Å². The lowest BCUT2D eigenvalue weighted by Crippen LogP contribution is -2.49. The highest BCUT2D eigenvalue weighted by Gasteiger charge is 2.29. The lowest BCUT2D eigenvalue weighted by molar-refractivity contribution is -0.00788. The number of aliphatic hydroxyl groups excluding tert-OH is 2. The zero-order valence-electron chi connectivity index (χ0n) is 23.5. The number of nitriles is 1. The van der Waals surface area contributed by atoms with E-state index in [0.29, 0.717) is 36.2 Å². The number of phenolic OH excluding ortho intramolecular Hbond substituents is 1. The normalized spacial score (nSPS) is 14.0. The van der Waals surface area contributed by atoms with Crippen molar-refractivity contribution < 1.29 is 29.6 Å². The van der Waals surface area contributed by atoms with Gasteiger partial charge >= 0.3 is 0 Å². The van der Waals surface area contributed by atoms with Crippen LogP contribution in [0, 0.1) is 11.3 Å².